The number of hydrogen-bond acceptors (Lipinski definition) is 2. The minimum absolute atomic E-state index is 0.348. The van der Waals surface area contributed by atoms with Crippen LogP contribution in [0.15, 0.2) is 40.5 Å². The first-order valence-electron chi connectivity index (χ1n) is 4.03. The molecule has 3 nitrogen and oxygen atoms in total. The highest BCUT2D eigenvalue weighted by atomic mass is 16.4. The van der Waals surface area contributed by atoms with E-state index in [4.69, 9.17) is 5.21 Å². The molecule has 0 aliphatic carbocycles. The molecule has 0 bridgehead atoms. The van der Waals surface area contributed by atoms with E-state index in [9.17, 15) is 0 Å². The molecule has 0 aromatic heterocycles. The van der Waals surface area contributed by atoms with Crippen molar-refractivity contribution in [1.29, 1.82) is 0 Å². The first-order chi connectivity index (χ1) is 6.24. The Morgan fingerprint density at radius 1 is 1.15 bits per heavy atom. The van der Waals surface area contributed by atoms with Crippen molar-refractivity contribution in [2.24, 2.45) is 10.1 Å². The highest BCUT2D eigenvalue weighted by Gasteiger charge is 1.99. The first kappa shape index (κ1) is 9.45. The van der Waals surface area contributed by atoms with E-state index in [0.29, 0.717) is 5.84 Å². The summed E-state index contributed by atoms with van der Waals surface area (Å²) in [6, 6.07) is 9.35. The van der Waals surface area contributed by atoms with E-state index < -0.39 is 0 Å². The quantitative estimate of drug-likeness (QED) is 0.303. The third-order valence-corrected chi connectivity index (χ3v) is 1.46. The maximum atomic E-state index is 8.71. The molecule has 0 aliphatic heterocycles. The minimum atomic E-state index is 0.348. The van der Waals surface area contributed by atoms with Crippen LogP contribution in [0.4, 0.5) is 0 Å². The number of rotatable bonds is 1. The third-order valence-electron chi connectivity index (χ3n) is 1.46. The molecule has 0 radical (unpaired) electrons. The SMILES string of the molecule is CC(C)=N/C(=N\O)c1ccccc1. The Labute approximate surface area is 77.4 Å². The van der Waals surface area contributed by atoms with Gasteiger partial charge in [0.25, 0.3) is 0 Å². The lowest BCUT2D eigenvalue weighted by atomic mass is 10.2. The van der Waals surface area contributed by atoms with Crippen molar-refractivity contribution >= 4 is 11.5 Å². The molecule has 1 rings (SSSR count). The summed E-state index contributed by atoms with van der Waals surface area (Å²) in [5.41, 5.74) is 1.67. The molecule has 0 aliphatic rings. The van der Waals surface area contributed by atoms with Gasteiger partial charge in [-0.1, -0.05) is 35.5 Å². The van der Waals surface area contributed by atoms with Crippen molar-refractivity contribution < 1.29 is 5.21 Å². The van der Waals surface area contributed by atoms with Crippen LogP contribution in [-0.2, 0) is 0 Å². The summed E-state index contributed by atoms with van der Waals surface area (Å²) in [6.45, 7) is 3.71. The summed E-state index contributed by atoms with van der Waals surface area (Å²) in [5.74, 6) is 0.348. The average Bonchev–Trinajstić information content (AvgIpc) is 2.15. The number of amidine groups is 1. The minimum Gasteiger partial charge on any atom is -0.409 e. The lowest BCUT2D eigenvalue weighted by Gasteiger charge is -1.98. The Balaban J connectivity index is 3.00. The van der Waals surface area contributed by atoms with Crippen molar-refractivity contribution in [2.45, 2.75) is 13.8 Å². The zero-order valence-corrected chi connectivity index (χ0v) is 7.73. The molecule has 0 heterocycles. The Hall–Kier alpha value is -1.64. The molecule has 3 heteroatoms. The van der Waals surface area contributed by atoms with Crippen LogP contribution in [0.5, 0.6) is 0 Å². The third kappa shape index (κ3) is 2.71. The Kier molecular flexibility index (Phi) is 3.20. The Bertz CT molecular complexity index is 324. The van der Waals surface area contributed by atoms with Crippen molar-refractivity contribution in [1.82, 2.24) is 0 Å². The van der Waals surface area contributed by atoms with Gasteiger partial charge in [0.05, 0.1) is 0 Å². The van der Waals surface area contributed by atoms with E-state index in [-0.39, 0.29) is 0 Å². The Morgan fingerprint density at radius 2 is 1.77 bits per heavy atom. The maximum Gasteiger partial charge on any atom is 0.198 e. The molecule has 0 amide bonds. The van der Waals surface area contributed by atoms with Crippen molar-refractivity contribution in [3.8, 4) is 0 Å². The van der Waals surface area contributed by atoms with Crippen LogP contribution in [0.3, 0.4) is 0 Å². The van der Waals surface area contributed by atoms with Gasteiger partial charge in [0, 0.05) is 11.3 Å². The van der Waals surface area contributed by atoms with Gasteiger partial charge < -0.3 is 5.21 Å². The lowest BCUT2D eigenvalue weighted by Crippen LogP contribution is -1.99. The van der Waals surface area contributed by atoms with Crippen LogP contribution in [0.25, 0.3) is 0 Å². The van der Waals surface area contributed by atoms with Crippen LogP contribution in [-0.4, -0.2) is 16.8 Å². The van der Waals surface area contributed by atoms with Gasteiger partial charge in [0.1, 0.15) is 0 Å². The predicted octanol–water partition coefficient (Wildman–Crippen LogP) is 2.30. The van der Waals surface area contributed by atoms with Gasteiger partial charge in [-0.15, -0.1) is 0 Å². The maximum absolute atomic E-state index is 8.71. The lowest BCUT2D eigenvalue weighted by molar-refractivity contribution is 0.318. The summed E-state index contributed by atoms with van der Waals surface area (Å²) in [4.78, 5) is 4.08. The molecule has 0 unspecified atom stereocenters. The molecular weight excluding hydrogens is 164 g/mol. The fraction of sp³-hybridized carbons (Fsp3) is 0.200. The molecule has 0 atom stereocenters. The van der Waals surface area contributed by atoms with Crippen molar-refractivity contribution in [2.75, 3.05) is 0 Å². The van der Waals surface area contributed by atoms with Gasteiger partial charge in [-0.25, -0.2) is 4.99 Å². The van der Waals surface area contributed by atoms with Gasteiger partial charge in [0.15, 0.2) is 5.84 Å². The molecule has 13 heavy (non-hydrogen) atoms. The highest BCUT2D eigenvalue weighted by molar-refractivity contribution is 6.05. The van der Waals surface area contributed by atoms with E-state index >= 15 is 0 Å². The van der Waals surface area contributed by atoms with Gasteiger partial charge >= 0.3 is 0 Å². The number of nitrogens with zero attached hydrogens (tertiary/aromatic N) is 2. The van der Waals surface area contributed by atoms with E-state index in [1.54, 1.807) is 0 Å². The largest absolute Gasteiger partial charge is 0.409 e. The van der Waals surface area contributed by atoms with Gasteiger partial charge in [-0.05, 0) is 13.8 Å². The number of hydrogen-bond donors (Lipinski definition) is 1. The summed E-state index contributed by atoms with van der Waals surface area (Å²) in [7, 11) is 0. The first-order valence-corrected chi connectivity index (χ1v) is 4.03. The zero-order valence-electron chi connectivity index (χ0n) is 7.73. The summed E-state index contributed by atoms with van der Waals surface area (Å²) in [6.07, 6.45) is 0. The molecule has 0 saturated carbocycles. The fourth-order valence-corrected chi connectivity index (χ4v) is 0.944. The smallest absolute Gasteiger partial charge is 0.198 e. The molecule has 1 N–H and O–H groups in total. The molecular formula is C10H12N2O. The van der Waals surface area contributed by atoms with Crippen LogP contribution in [0.1, 0.15) is 19.4 Å². The van der Waals surface area contributed by atoms with E-state index in [0.717, 1.165) is 11.3 Å². The van der Waals surface area contributed by atoms with Crippen LogP contribution in [0.2, 0.25) is 0 Å². The van der Waals surface area contributed by atoms with Crippen LogP contribution in [0, 0.1) is 0 Å². The normalized spacial score (nSPS) is 11.1. The highest BCUT2D eigenvalue weighted by Crippen LogP contribution is 2.02. The van der Waals surface area contributed by atoms with E-state index in [1.165, 1.54) is 0 Å². The van der Waals surface area contributed by atoms with Crippen molar-refractivity contribution in [3.63, 3.8) is 0 Å². The number of oxime groups is 1. The van der Waals surface area contributed by atoms with E-state index in [1.807, 2.05) is 44.2 Å². The standard InChI is InChI=1S/C10H12N2O/c1-8(2)11-10(12-13)9-6-4-3-5-7-9/h3-7,13H,1-2H3/b12-10-. The van der Waals surface area contributed by atoms with Crippen molar-refractivity contribution in [3.05, 3.63) is 35.9 Å². The van der Waals surface area contributed by atoms with Crippen LogP contribution >= 0.6 is 0 Å². The summed E-state index contributed by atoms with van der Waals surface area (Å²) < 4.78 is 0. The summed E-state index contributed by atoms with van der Waals surface area (Å²) in [5, 5.41) is 11.8. The predicted molar refractivity (Wildman–Crippen MR) is 53.5 cm³/mol. The van der Waals surface area contributed by atoms with Gasteiger partial charge in [-0.3, -0.25) is 0 Å². The molecule has 0 spiro atoms. The monoisotopic (exact) mass is 176 g/mol. The fourth-order valence-electron chi connectivity index (χ4n) is 0.944. The molecule has 0 fully saturated rings. The second-order valence-electron chi connectivity index (χ2n) is 2.85. The zero-order chi connectivity index (χ0) is 9.68. The summed E-state index contributed by atoms with van der Waals surface area (Å²) >= 11 is 0. The number of aliphatic imine (C=N–C) groups is 1. The molecule has 1 aromatic rings. The van der Waals surface area contributed by atoms with Gasteiger partial charge in [0.2, 0.25) is 0 Å². The van der Waals surface area contributed by atoms with E-state index in [2.05, 4.69) is 10.1 Å². The molecule has 68 valence electrons. The number of benzene rings is 1. The Morgan fingerprint density at radius 3 is 2.23 bits per heavy atom. The van der Waals surface area contributed by atoms with Crippen LogP contribution < -0.4 is 0 Å². The van der Waals surface area contributed by atoms with Gasteiger partial charge in [-0.2, -0.15) is 0 Å². The molecule has 0 saturated heterocycles. The second kappa shape index (κ2) is 4.40. The topological polar surface area (TPSA) is 45.0 Å². The second-order valence-corrected chi connectivity index (χ2v) is 2.85. The molecule has 1 aromatic carbocycles. The average molecular weight is 176 g/mol.